The average molecular weight is 595 g/mol. The van der Waals surface area contributed by atoms with Crippen molar-refractivity contribution in [2.24, 2.45) is 5.92 Å². The van der Waals surface area contributed by atoms with E-state index in [0.717, 1.165) is 6.42 Å². The predicted octanol–water partition coefficient (Wildman–Crippen LogP) is 6.36. The van der Waals surface area contributed by atoms with Gasteiger partial charge < -0.3 is 33.2 Å². The molecule has 0 N–H and O–H groups in total. The summed E-state index contributed by atoms with van der Waals surface area (Å²) in [5.74, 6) is -1.28. The van der Waals surface area contributed by atoms with Gasteiger partial charge in [-0.25, -0.2) is 9.59 Å². The number of carbonyl (C=O) groups is 2. The lowest BCUT2D eigenvalue weighted by Gasteiger charge is -2.25. The highest BCUT2D eigenvalue weighted by Crippen LogP contribution is 2.36. The smallest absolute Gasteiger partial charge is 0.342 e. The van der Waals surface area contributed by atoms with Gasteiger partial charge in [0, 0.05) is 19.1 Å². The first-order valence-corrected chi connectivity index (χ1v) is 14.7. The lowest BCUT2D eigenvalue weighted by Crippen LogP contribution is -2.37. The van der Waals surface area contributed by atoms with E-state index >= 15 is 0 Å². The Morgan fingerprint density at radius 2 is 1.81 bits per heavy atom. The van der Waals surface area contributed by atoms with E-state index in [1.54, 1.807) is 42.5 Å². The van der Waals surface area contributed by atoms with Crippen LogP contribution in [0.4, 0.5) is 0 Å². The molecule has 4 rings (SSSR count). The first-order chi connectivity index (χ1) is 20.6. The predicted molar refractivity (Wildman–Crippen MR) is 161 cm³/mol. The molecule has 0 bridgehead atoms. The molecule has 2 aliphatic heterocycles. The molecule has 232 valence electrons. The molecule has 2 aromatic carbocycles. The standard InChI is InChI=1S/C34H42O9/c1-7-18-38-26-19-25-14-11-15-28-31(43-34(4,5)42-28)27(41-32(35)24-12-9-8-10-13-24)17-16-22(2)23(3)40-33(36)30(25)29(20-26)39-21-37-6/h8-14,16-17,19-20,22-23,27-28,31H,7,15,18,21H2,1-6H3/b14-11+,17-16-/t22-,23+,27?,28+,31-/m1/s1. The van der Waals surface area contributed by atoms with Crippen LogP contribution in [-0.4, -0.2) is 62.7 Å². The molecule has 2 heterocycles. The second-order valence-corrected chi connectivity index (χ2v) is 11.2. The van der Waals surface area contributed by atoms with Gasteiger partial charge in [-0.1, -0.05) is 50.3 Å². The van der Waals surface area contributed by atoms with E-state index in [1.807, 2.05) is 58.9 Å². The number of hydrogen-bond acceptors (Lipinski definition) is 9. The Hall–Kier alpha value is -3.66. The molecule has 0 spiro atoms. The SMILES string of the molecule is CCCOc1cc2c(c(OCOC)c1)C(=O)O[C@@H](C)[C@H](C)/C=C\C(OC(=O)c1ccccc1)[C@H]1OC(C)(C)O[C@H]1C/C=C/2. The zero-order valence-corrected chi connectivity index (χ0v) is 25.7. The Bertz CT molecular complexity index is 1300. The third kappa shape index (κ3) is 8.46. The first-order valence-electron chi connectivity index (χ1n) is 14.7. The van der Waals surface area contributed by atoms with Gasteiger partial charge in [0.05, 0.1) is 18.3 Å². The fraction of sp³-hybridized carbons (Fsp3) is 0.471. The molecule has 0 saturated carbocycles. The second kappa shape index (κ2) is 14.7. The van der Waals surface area contributed by atoms with E-state index in [4.69, 9.17) is 33.2 Å². The Morgan fingerprint density at radius 3 is 2.53 bits per heavy atom. The number of carbonyl (C=O) groups excluding carboxylic acids is 2. The maximum atomic E-state index is 13.6. The maximum Gasteiger partial charge on any atom is 0.342 e. The molecule has 43 heavy (non-hydrogen) atoms. The summed E-state index contributed by atoms with van der Waals surface area (Å²) in [4.78, 5) is 26.7. The van der Waals surface area contributed by atoms with Crippen LogP contribution in [0.1, 0.15) is 73.7 Å². The van der Waals surface area contributed by atoms with Crippen LogP contribution >= 0.6 is 0 Å². The molecule has 0 aliphatic carbocycles. The summed E-state index contributed by atoms with van der Waals surface area (Å²) < 4.78 is 41.4. The lowest BCUT2D eigenvalue weighted by atomic mass is 9.98. The van der Waals surface area contributed by atoms with Crippen LogP contribution in [0.3, 0.4) is 0 Å². The fourth-order valence-corrected chi connectivity index (χ4v) is 4.91. The minimum absolute atomic E-state index is 0.0531. The average Bonchev–Trinajstić information content (AvgIpc) is 3.30. The van der Waals surface area contributed by atoms with Crippen LogP contribution in [0, 0.1) is 5.92 Å². The molecule has 1 saturated heterocycles. The van der Waals surface area contributed by atoms with Crippen molar-refractivity contribution < 1.29 is 42.7 Å². The number of esters is 2. The molecular weight excluding hydrogens is 552 g/mol. The van der Waals surface area contributed by atoms with Crippen LogP contribution in [-0.2, 0) is 23.7 Å². The van der Waals surface area contributed by atoms with Crippen LogP contribution in [0.2, 0.25) is 0 Å². The van der Waals surface area contributed by atoms with E-state index in [0.29, 0.717) is 35.7 Å². The number of fused-ring (bicyclic) bond motifs is 2. The number of methoxy groups -OCH3 is 1. The minimum atomic E-state index is -0.902. The molecule has 9 nitrogen and oxygen atoms in total. The molecule has 0 aromatic heterocycles. The van der Waals surface area contributed by atoms with Crippen molar-refractivity contribution in [1.29, 1.82) is 0 Å². The number of benzene rings is 2. The minimum Gasteiger partial charge on any atom is -0.493 e. The molecular formula is C34H42O9. The number of ether oxygens (including phenoxy) is 7. The Morgan fingerprint density at radius 1 is 1.05 bits per heavy atom. The van der Waals surface area contributed by atoms with Gasteiger partial charge >= 0.3 is 11.9 Å². The van der Waals surface area contributed by atoms with Crippen molar-refractivity contribution in [2.75, 3.05) is 20.5 Å². The van der Waals surface area contributed by atoms with Gasteiger partial charge in [0.15, 0.2) is 12.6 Å². The summed E-state index contributed by atoms with van der Waals surface area (Å²) in [6, 6.07) is 12.3. The van der Waals surface area contributed by atoms with E-state index < -0.39 is 42.1 Å². The Kier molecular flexibility index (Phi) is 11.0. The van der Waals surface area contributed by atoms with Crippen LogP contribution in [0.25, 0.3) is 6.08 Å². The van der Waals surface area contributed by atoms with Crippen LogP contribution < -0.4 is 9.47 Å². The third-order valence-electron chi connectivity index (χ3n) is 7.22. The highest BCUT2D eigenvalue weighted by atomic mass is 16.8. The highest BCUT2D eigenvalue weighted by molar-refractivity contribution is 5.97. The monoisotopic (exact) mass is 594 g/mol. The van der Waals surface area contributed by atoms with Crippen LogP contribution in [0.5, 0.6) is 11.5 Å². The normalized spacial score (nSPS) is 26.7. The van der Waals surface area contributed by atoms with E-state index in [1.165, 1.54) is 7.11 Å². The zero-order valence-electron chi connectivity index (χ0n) is 25.7. The summed E-state index contributed by atoms with van der Waals surface area (Å²) in [7, 11) is 1.51. The van der Waals surface area contributed by atoms with Crippen LogP contribution in [0.15, 0.2) is 60.7 Å². The lowest BCUT2D eigenvalue weighted by molar-refractivity contribution is -0.152. The number of hydrogen-bond donors (Lipinski definition) is 0. The van der Waals surface area contributed by atoms with Gasteiger partial charge in [0.2, 0.25) is 0 Å². The van der Waals surface area contributed by atoms with E-state index in [-0.39, 0.29) is 18.3 Å². The van der Waals surface area contributed by atoms with Crippen molar-refractivity contribution in [3.63, 3.8) is 0 Å². The van der Waals surface area contributed by atoms with Gasteiger partial charge in [-0.15, -0.1) is 0 Å². The van der Waals surface area contributed by atoms with Gasteiger partial charge in [-0.05, 0) is 63.5 Å². The number of rotatable bonds is 8. The molecule has 1 unspecified atom stereocenters. The van der Waals surface area contributed by atoms with Gasteiger partial charge in [-0.2, -0.15) is 0 Å². The maximum absolute atomic E-state index is 13.6. The molecule has 5 atom stereocenters. The van der Waals surface area contributed by atoms with Crippen molar-refractivity contribution >= 4 is 18.0 Å². The summed E-state index contributed by atoms with van der Waals surface area (Å²) >= 11 is 0. The topological polar surface area (TPSA) is 98.8 Å². The Balaban J connectivity index is 1.74. The van der Waals surface area contributed by atoms with Crippen molar-refractivity contribution in [1.82, 2.24) is 0 Å². The second-order valence-electron chi connectivity index (χ2n) is 11.2. The first kappa shape index (κ1) is 32.3. The Labute approximate surface area is 253 Å². The quantitative estimate of drug-likeness (QED) is 0.196. The molecule has 9 heteroatoms. The molecule has 2 aromatic rings. The summed E-state index contributed by atoms with van der Waals surface area (Å²) in [5, 5.41) is 0. The fourth-order valence-electron chi connectivity index (χ4n) is 4.91. The van der Waals surface area contributed by atoms with Crippen molar-refractivity contribution in [3.8, 4) is 11.5 Å². The third-order valence-corrected chi connectivity index (χ3v) is 7.22. The van der Waals surface area contributed by atoms with Gasteiger partial charge in [0.25, 0.3) is 0 Å². The van der Waals surface area contributed by atoms with Gasteiger partial charge in [0.1, 0.15) is 35.4 Å². The highest BCUT2D eigenvalue weighted by Gasteiger charge is 2.45. The van der Waals surface area contributed by atoms with Gasteiger partial charge in [-0.3, -0.25) is 0 Å². The van der Waals surface area contributed by atoms with E-state index in [2.05, 4.69) is 0 Å². The molecule has 0 amide bonds. The summed E-state index contributed by atoms with van der Waals surface area (Å²) in [6.07, 6.45) is 6.32. The molecule has 2 aliphatic rings. The number of cyclic esters (lactones) is 1. The summed E-state index contributed by atoms with van der Waals surface area (Å²) in [6.45, 7) is 9.88. The van der Waals surface area contributed by atoms with Crippen molar-refractivity contribution in [2.45, 2.75) is 77.7 Å². The summed E-state index contributed by atoms with van der Waals surface area (Å²) in [5.41, 5.74) is 1.27. The zero-order chi connectivity index (χ0) is 31.0. The molecule has 0 radical (unpaired) electrons. The largest absolute Gasteiger partial charge is 0.493 e. The molecule has 1 fully saturated rings. The van der Waals surface area contributed by atoms with Crippen molar-refractivity contribution in [3.05, 3.63) is 77.4 Å². The van der Waals surface area contributed by atoms with E-state index in [9.17, 15) is 9.59 Å².